The molecule has 198 valence electrons. The van der Waals surface area contributed by atoms with Crippen LogP contribution in [0.15, 0.2) is 12.2 Å². The summed E-state index contributed by atoms with van der Waals surface area (Å²) < 4.78 is 27.8. The van der Waals surface area contributed by atoms with Crippen LogP contribution in [0.25, 0.3) is 0 Å². The molecule has 0 unspecified atom stereocenters. The van der Waals surface area contributed by atoms with Gasteiger partial charge in [0, 0.05) is 13.2 Å². The van der Waals surface area contributed by atoms with Gasteiger partial charge in [-0.3, -0.25) is 0 Å². The van der Waals surface area contributed by atoms with Crippen LogP contribution in [0.1, 0.15) is 19.8 Å². The summed E-state index contributed by atoms with van der Waals surface area (Å²) in [6.45, 7) is 35.7. The molecule has 0 aromatic rings. The molecule has 1 N–H and O–H groups in total. The van der Waals surface area contributed by atoms with E-state index in [0.29, 0.717) is 6.61 Å². The Labute approximate surface area is 212 Å². The standard InChI is InChI=1S/C22H56O5Si6/c1-22(2)21-24-18-16-20-33(27-30(9,10)19-15-17-23,31(11,12)25-28(3,4)5)32(13,14)26-29(6,7)8/h23H,1,15-21H2,2-14H3. The topological polar surface area (TPSA) is 57.2 Å². The van der Waals surface area contributed by atoms with Gasteiger partial charge in [-0.05, 0) is 110 Å². The number of aliphatic hydroxyl groups is 1. The fourth-order valence-electron chi connectivity index (χ4n) is 5.02. The maximum Gasteiger partial charge on any atom is 0.215 e. The molecule has 0 fully saturated rings. The number of rotatable bonds is 17. The molecule has 0 saturated heterocycles. The average molecular weight is 569 g/mol. The maximum absolute atomic E-state index is 9.53. The molecule has 0 aliphatic heterocycles. The van der Waals surface area contributed by atoms with Crippen LogP contribution in [-0.2, 0) is 17.1 Å². The first-order valence-corrected chi connectivity index (χ1v) is 32.4. The first kappa shape index (κ1) is 33.8. The highest BCUT2D eigenvalue weighted by Crippen LogP contribution is 2.41. The first-order chi connectivity index (χ1) is 14.6. The molecule has 33 heavy (non-hydrogen) atoms. The molecule has 0 bridgehead atoms. The van der Waals surface area contributed by atoms with Crippen LogP contribution >= 0.6 is 0 Å². The van der Waals surface area contributed by atoms with Crippen molar-refractivity contribution in [1.82, 2.24) is 0 Å². The van der Waals surface area contributed by atoms with Crippen molar-refractivity contribution in [2.24, 2.45) is 0 Å². The van der Waals surface area contributed by atoms with E-state index in [1.807, 2.05) is 6.92 Å². The van der Waals surface area contributed by atoms with Gasteiger partial charge in [0.1, 0.15) is 0 Å². The predicted octanol–water partition coefficient (Wildman–Crippen LogP) is 6.79. The molecule has 0 amide bonds. The van der Waals surface area contributed by atoms with Crippen molar-refractivity contribution in [3.05, 3.63) is 12.2 Å². The summed E-state index contributed by atoms with van der Waals surface area (Å²) in [6.07, 6.45) is 1.78. The van der Waals surface area contributed by atoms with Crippen molar-refractivity contribution < 1.29 is 22.2 Å². The zero-order valence-electron chi connectivity index (χ0n) is 24.2. The molecule has 0 aromatic carbocycles. The minimum absolute atomic E-state index is 0.224. The third-order valence-electron chi connectivity index (χ3n) is 5.62. The molecule has 0 spiro atoms. The van der Waals surface area contributed by atoms with Gasteiger partial charge in [-0.25, -0.2) is 0 Å². The van der Waals surface area contributed by atoms with Crippen LogP contribution < -0.4 is 0 Å². The third-order valence-corrected chi connectivity index (χ3v) is 52.4. The van der Waals surface area contributed by atoms with Crippen LogP contribution in [-0.4, -0.2) is 72.9 Å². The molecule has 0 heterocycles. The number of aliphatic hydroxyl groups excluding tert-OH is 1. The van der Waals surface area contributed by atoms with Crippen LogP contribution in [0.2, 0.25) is 90.7 Å². The normalized spacial score (nSPS) is 14.6. The molecule has 0 atom stereocenters. The zero-order valence-corrected chi connectivity index (χ0v) is 30.2. The summed E-state index contributed by atoms with van der Waals surface area (Å²) in [6, 6.07) is 2.01. The quantitative estimate of drug-likeness (QED) is 0.119. The van der Waals surface area contributed by atoms with E-state index >= 15 is 0 Å². The molecular formula is C22H56O5Si6. The lowest BCUT2D eigenvalue weighted by Crippen LogP contribution is -2.81. The molecule has 0 rings (SSSR count). The summed E-state index contributed by atoms with van der Waals surface area (Å²) in [5.41, 5.74) is 1.06. The van der Waals surface area contributed by atoms with E-state index in [4.69, 9.17) is 17.1 Å². The first-order valence-electron chi connectivity index (χ1n) is 12.5. The van der Waals surface area contributed by atoms with Crippen molar-refractivity contribution in [3.63, 3.8) is 0 Å². The van der Waals surface area contributed by atoms with E-state index in [-0.39, 0.29) is 6.61 Å². The van der Waals surface area contributed by atoms with E-state index in [2.05, 4.69) is 85.1 Å². The highest BCUT2D eigenvalue weighted by atomic mass is 29.7. The third kappa shape index (κ3) is 12.1. The minimum atomic E-state index is -2.45. The lowest BCUT2D eigenvalue weighted by Gasteiger charge is -2.56. The summed E-state index contributed by atoms with van der Waals surface area (Å²) in [5.74, 6) is 0. The maximum atomic E-state index is 9.53. The minimum Gasteiger partial charge on any atom is -0.456 e. The Balaban J connectivity index is 6.51. The Hall–Kier alpha value is 0.841. The van der Waals surface area contributed by atoms with Gasteiger partial charge in [-0.15, -0.1) is 0 Å². The molecule has 0 aromatic heterocycles. The van der Waals surface area contributed by atoms with Gasteiger partial charge in [0.25, 0.3) is 0 Å². The monoisotopic (exact) mass is 568 g/mol. The van der Waals surface area contributed by atoms with Gasteiger partial charge in [0.05, 0.1) is 6.61 Å². The van der Waals surface area contributed by atoms with E-state index in [1.54, 1.807) is 0 Å². The molecule has 5 nitrogen and oxygen atoms in total. The van der Waals surface area contributed by atoms with Gasteiger partial charge in [0.2, 0.25) is 7.35 Å². The second-order valence-corrected chi connectivity index (χ2v) is 49.8. The Morgan fingerprint density at radius 3 is 1.52 bits per heavy atom. The van der Waals surface area contributed by atoms with E-state index < -0.39 is 48.0 Å². The van der Waals surface area contributed by atoms with Crippen molar-refractivity contribution in [2.75, 3.05) is 19.8 Å². The molecule has 11 heteroatoms. The van der Waals surface area contributed by atoms with Crippen molar-refractivity contribution in [3.8, 4) is 0 Å². The molecule has 0 aliphatic rings. The van der Waals surface area contributed by atoms with Crippen LogP contribution in [0, 0.1) is 0 Å². The summed E-state index contributed by atoms with van der Waals surface area (Å²) in [5, 5.41) is 9.53. The molecule has 0 aliphatic carbocycles. The average Bonchev–Trinajstić information content (AvgIpc) is 2.53. The largest absolute Gasteiger partial charge is 0.456 e. The fraction of sp³-hybridized carbons (Fsp3) is 0.909. The smallest absolute Gasteiger partial charge is 0.215 e. The number of hydrogen-bond donors (Lipinski definition) is 1. The molecule has 0 radical (unpaired) electrons. The van der Waals surface area contributed by atoms with Crippen molar-refractivity contribution in [2.45, 2.75) is 110 Å². The lowest BCUT2D eigenvalue weighted by atomic mass is 10.4. The van der Waals surface area contributed by atoms with Crippen LogP contribution in [0.5, 0.6) is 0 Å². The van der Waals surface area contributed by atoms with Crippen LogP contribution in [0.4, 0.5) is 0 Å². The second kappa shape index (κ2) is 12.9. The van der Waals surface area contributed by atoms with Gasteiger partial charge >= 0.3 is 0 Å². The van der Waals surface area contributed by atoms with Gasteiger partial charge < -0.3 is 22.2 Å². The van der Waals surface area contributed by atoms with E-state index in [0.717, 1.165) is 37.1 Å². The predicted molar refractivity (Wildman–Crippen MR) is 160 cm³/mol. The molecular weight excluding hydrogens is 513 g/mol. The summed E-state index contributed by atoms with van der Waals surface area (Å²) in [4.78, 5) is 0. The fourth-order valence-corrected chi connectivity index (χ4v) is 72.1. The molecule has 0 saturated carbocycles. The SMILES string of the molecule is C=C(C)COCCC[Si](O[Si](C)(C)CCCO)([Si](C)(C)O[Si](C)(C)C)[Si](C)(C)O[Si](C)(C)C. The second-order valence-electron chi connectivity index (χ2n) is 13.1. The van der Waals surface area contributed by atoms with Crippen molar-refractivity contribution >= 4 is 48.0 Å². The Morgan fingerprint density at radius 2 is 1.15 bits per heavy atom. The Morgan fingerprint density at radius 1 is 0.697 bits per heavy atom. The van der Waals surface area contributed by atoms with Gasteiger partial charge in [0.15, 0.2) is 40.6 Å². The van der Waals surface area contributed by atoms with Crippen molar-refractivity contribution in [1.29, 1.82) is 0 Å². The summed E-state index contributed by atoms with van der Waals surface area (Å²) >= 11 is 0. The Bertz CT molecular complexity index is 583. The number of ether oxygens (including phenoxy) is 1. The highest BCUT2D eigenvalue weighted by molar-refractivity contribution is 7.66. The van der Waals surface area contributed by atoms with Gasteiger partial charge in [-0.1, -0.05) is 12.2 Å². The summed E-state index contributed by atoms with van der Waals surface area (Å²) in [7, 11) is -12.5. The van der Waals surface area contributed by atoms with E-state index in [1.165, 1.54) is 0 Å². The lowest BCUT2D eigenvalue weighted by molar-refractivity contribution is 0.156. The van der Waals surface area contributed by atoms with E-state index in [9.17, 15) is 5.11 Å². The highest BCUT2D eigenvalue weighted by Gasteiger charge is 2.66. The van der Waals surface area contributed by atoms with Gasteiger partial charge in [-0.2, -0.15) is 0 Å². The number of hydrogen-bond acceptors (Lipinski definition) is 5. The van der Waals surface area contributed by atoms with Crippen LogP contribution in [0.3, 0.4) is 0 Å². The Kier molecular flexibility index (Phi) is 13.2. The zero-order chi connectivity index (χ0) is 26.4.